The topological polar surface area (TPSA) is 146 Å². The van der Waals surface area contributed by atoms with Crippen LogP contribution in [0.15, 0.2) is 17.8 Å². The third-order valence-corrected chi connectivity index (χ3v) is 5.18. The average molecular weight is 476 g/mol. The molecular formula is C18H25N3O8S2. The predicted molar refractivity (Wildman–Crippen MR) is 115 cm³/mol. The minimum Gasteiger partial charge on any atom is -0.479 e. The second kappa shape index (κ2) is 13.9. The Kier molecular flexibility index (Phi) is 11.9. The Labute approximate surface area is 189 Å². The van der Waals surface area contributed by atoms with E-state index < -0.39 is 47.7 Å². The van der Waals surface area contributed by atoms with Crippen molar-refractivity contribution in [1.29, 1.82) is 0 Å². The van der Waals surface area contributed by atoms with Gasteiger partial charge in [-0.15, -0.1) is 6.58 Å². The van der Waals surface area contributed by atoms with Crippen LogP contribution in [-0.4, -0.2) is 65.3 Å². The highest BCUT2D eigenvalue weighted by Gasteiger charge is 2.50. The minimum absolute atomic E-state index is 0.117. The van der Waals surface area contributed by atoms with Gasteiger partial charge in [0.05, 0.1) is 6.61 Å². The van der Waals surface area contributed by atoms with Crippen LogP contribution in [0.3, 0.4) is 0 Å². The zero-order chi connectivity index (χ0) is 23.4. The van der Waals surface area contributed by atoms with Gasteiger partial charge in [-0.2, -0.15) is 0 Å². The quantitative estimate of drug-likeness (QED) is 0.0675. The van der Waals surface area contributed by atoms with Crippen molar-refractivity contribution in [3.05, 3.63) is 23.1 Å². The van der Waals surface area contributed by atoms with Gasteiger partial charge in [0.15, 0.2) is 12.2 Å². The molecule has 5 atom stereocenters. The molecule has 13 heteroatoms. The van der Waals surface area contributed by atoms with Gasteiger partial charge in [0.2, 0.25) is 4.38 Å². The van der Waals surface area contributed by atoms with E-state index in [4.69, 9.17) is 41.4 Å². The third-order valence-electron chi connectivity index (χ3n) is 3.84. The number of carbonyl (C=O) groups excluding carboxylic acids is 3. The molecule has 0 N–H and O–H groups in total. The van der Waals surface area contributed by atoms with E-state index in [2.05, 4.69) is 16.6 Å². The summed E-state index contributed by atoms with van der Waals surface area (Å²) >= 11 is 6.15. The number of allylic oxidation sites excluding steroid dienone is 1. The standard InChI is InChI=1S/C18H25N3O8S2/c1-5-6-7-8-25-18(30)31-17-14(20-21-19)16(28-12(4)24)15(27-11(3)23)13(29-17)9-26-10(2)22/h5,13-17H,1,6-9H2,2-4H3/t13-,14-,15+,16-,17+/m1/s1. The SMILES string of the molecule is C=CCCCOC(=S)S[C@@H]1O[C@H](COC(C)=O)[C@H](OC(C)=O)[C@H](OC(C)=O)[C@H]1N=[N+]=[N-]. The summed E-state index contributed by atoms with van der Waals surface area (Å²) in [7, 11) is 0. The van der Waals surface area contributed by atoms with Crippen molar-refractivity contribution in [2.75, 3.05) is 13.2 Å². The summed E-state index contributed by atoms with van der Waals surface area (Å²) in [5.41, 5.74) is 8.08. The molecule has 0 aliphatic carbocycles. The summed E-state index contributed by atoms with van der Waals surface area (Å²) in [6.07, 6.45) is -0.196. The maximum atomic E-state index is 11.7. The van der Waals surface area contributed by atoms with E-state index in [-0.39, 0.29) is 11.0 Å². The van der Waals surface area contributed by atoms with E-state index in [0.717, 1.165) is 32.0 Å². The molecule has 172 valence electrons. The average Bonchev–Trinajstić information content (AvgIpc) is 2.67. The number of ether oxygens (including phenoxy) is 5. The Bertz CT molecular complexity index is 729. The third kappa shape index (κ3) is 9.55. The number of hydrogen-bond acceptors (Lipinski definition) is 11. The second-order valence-electron chi connectivity index (χ2n) is 6.34. The Morgan fingerprint density at radius 1 is 1.16 bits per heavy atom. The van der Waals surface area contributed by atoms with Gasteiger partial charge in [0, 0.05) is 25.7 Å². The molecule has 1 aliphatic rings. The van der Waals surface area contributed by atoms with Crippen molar-refractivity contribution >= 4 is 46.3 Å². The van der Waals surface area contributed by atoms with E-state index in [9.17, 15) is 14.4 Å². The lowest BCUT2D eigenvalue weighted by atomic mass is 9.98. The molecule has 0 unspecified atom stereocenters. The molecule has 1 heterocycles. The molecule has 0 aromatic carbocycles. The fraction of sp³-hybridized carbons (Fsp3) is 0.667. The molecule has 0 spiro atoms. The molecule has 31 heavy (non-hydrogen) atoms. The first-order valence-electron chi connectivity index (χ1n) is 9.31. The molecular weight excluding hydrogens is 450 g/mol. The number of esters is 3. The number of unbranched alkanes of at least 4 members (excludes halogenated alkanes) is 1. The number of thioether (sulfide) groups is 1. The minimum atomic E-state index is -1.20. The number of thiocarbonyl (C=S) groups is 1. The van der Waals surface area contributed by atoms with Crippen molar-refractivity contribution < 1.29 is 38.1 Å². The first-order chi connectivity index (χ1) is 14.7. The lowest BCUT2D eigenvalue weighted by Gasteiger charge is -2.43. The van der Waals surface area contributed by atoms with Gasteiger partial charge in [-0.1, -0.05) is 11.2 Å². The van der Waals surface area contributed by atoms with Crippen molar-refractivity contribution in [2.24, 2.45) is 5.11 Å². The predicted octanol–water partition coefficient (Wildman–Crippen LogP) is 2.82. The highest BCUT2D eigenvalue weighted by molar-refractivity contribution is 8.22. The Hall–Kier alpha value is -2.34. The van der Waals surface area contributed by atoms with Crippen LogP contribution < -0.4 is 0 Å². The zero-order valence-electron chi connectivity index (χ0n) is 17.4. The first-order valence-corrected chi connectivity index (χ1v) is 10.6. The zero-order valence-corrected chi connectivity index (χ0v) is 19.1. The van der Waals surface area contributed by atoms with Crippen LogP contribution in [0.4, 0.5) is 0 Å². The summed E-state index contributed by atoms with van der Waals surface area (Å²) < 4.78 is 27.1. The number of nitrogens with zero attached hydrogens (tertiary/aromatic N) is 3. The number of carbonyl (C=O) groups is 3. The van der Waals surface area contributed by atoms with Gasteiger partial charge in [-0.25, -0.2) is 0 Å². The van der Waals surface area contributed by atoms with Crippen LogP contribution in [0.25, 0.3) is 10.4 Å². The van der Waals surface area contributed by atoms with Gasteiger partial charge >= 0.3 is 17.9 Å². The maximum absolute atomic E-state index is 11.7. The van der Waals surface area contributed by atoms with Crippen LogP contribution in [0.2, 0.25) is 0 Å². The van der Waals surface area contributed by atoms with Gasteiger partial charge in [-0.05, 0) is 42.4 Å². The molecule has 0 radical (unpaired) electrons. The molecule has 0 aromatic heterocycles. The summed E-state index contributed by atoms with van der Waals surface area (Å²) in [6, 6.07) is -1.11. The van der Waals surface area contributed by atoms with Crippen molar-refractivity contribution in [2.45, 2.75) is 63.4 Å². The second-order valence-corrected chi connectivity index (χ2v) is 8.04. The molecule has 0 saturated carbocycles. The largest absolute Gasteiger partial charge is 0.479 e. The van der Waals surface area contributed by atoms with E-state index in [1.807, 2.05) is 0 Å². The monoisotopic (exact) mass is 475 g/mol. The van der Waals surface area contributed by atoms with Gasteiger partial charge in [-0.3, -0.25) is 14.4 Å². The Balaban J connectivity index is 3.15. The molecule has 0 aromatic rings. The fourth-order valence-corrected chi connectivity index (χ4v) is 3.93. The molecule has 0 amide bonds. The lowest BCUT2D eigenvalue weighted by molar-refractivity contribution is -0.208. The van der Waals surface area contributed by atoms with E-state index in [0.29, 0.717) is 13.0 Å². The van der Waals surface area contributed by atoms with Gasteiger partial charge in [0.25, 0.3) is 0 Å². The highest BCUT2D eigenvalue weighted by Crippen LogP contribution is 2.35. The first kappa shape index (κ1) is 26.7. The number of azide groups is 1. The van der Waals surface area contributed by atoms with E-state index >= 15 is 0 Å². The van der Waals surface area contributed by atoms with Crippen molar-refractivity contribution in [1.82, 2.24) is 0 Å². The maximum Gasteiger partial charge on any atom is 0.303 e. The Morgan fingerprint density at radius 3 is 2.35 bits per heavy atom. The highest BCUT2D eigenvalue weighted by atomic mass is 32.2. The van der Waals surface area contributed by atoms with Gasteiger partial charge in [0.1, 0.15) is 24.2 Å². The van der Waals surface area contributed by atoms with E-state index in [1.54, 1.807) is 6.08 Å². The smallest absolute Gasteiger partial charge is 0.303 e. The summed E-state index contributed by atoms with van der Waals surface area (Å²) in [5.74, 6) is -1.97. The molecule has 1 aliphatic heterocycles. The van der Waals surface area contributed by atoms with Crippen LogP contribution in [0.1, 0.15) is 33.6 Å². The number of hydrogen-bond donors (Lipinski definition) is 0. The summed E-state index contributed by atoms with van der Waals surface area (Å²) in [5, 5.41) is 3.68. The lowest BCUT2D eigenvalue weighted by Crippen LogP contribution is -2.60. The Morgan fingerprint density at radius 2 is 1.81 bits per heavy atom. The van der Waals surface area contributed by atoms with Crippen LogP contribution in [0, 0.1) is 0 Å². The molecule has 1 fully saturated rings. The van der Waals surface area contributed by atoms with Crippen LogP contribution in [-0.2, 0) is 38.1 Å². The summed E-state index contributed by atoms with van der Waals surface area (Å²) in [6.45, 7) is 7.19. The molecule has 11 nitrogen and oxygen atoms in total. The summed E-state index contributed by atoms with van der Waals surface area (Å²) in [4.78, 5) is 37.4. The van der Waals surface area contributed by atoms with E-state index in [1.165, 1.54) is 6.92 Å². The van der Waals surface area contributed by atoms with Gasteiger partial charge < -0.3 is 23.7 Å². The van der Waals surface area contributed by atoms with Crippen LogP contribution >= 0.6 is 24.0 Å². The number of rotatable bonds is 10. The van der Waals surface area contributed by atoms with Crippen LogP contribution in [0.5, 0.6) is 0 Å². The molecule has 0 bridgehead atoms. The fourth-order valence-electron chi connectivity index (χ4n) is 2.68. The normalized spacial score (nSPS) is 24.8. The molecule has 1 rings (SSSR count). The van der Waals surface area contributed by atoms with Crippen molar-refractivity contribution in [3.8, 4) is 0 Å². The molecule has 1 saturated heterocycles. The van der Waals surface area contributed by atoms with Crippen molar-refractivity contribution in [3.63, 3.8) is 0 Å².